The highest BCUT2D eigenvalue weighted by Gasteiger charge is 2.31. The van der Waals surface area contributed by atoms with E-state index in [2.05, 4.69) is 26.5 Å². The first-order valence-electron chi connectivity index (χ1n) is 8.25. The highest BCUT2D eigenvalue weighted by Crippen LogP contribution is 2.33. The van der Waals surface area contributed by atoms with Crippen molar-refractivity contribution in [1.29, 1.82) is 0 Å². The third kappa shape index (κ3) is 3.66. The molecule has 0 N–H and O–H groups in total. The molecule has 1 aromatic carbocycles. The Balaban J connectivity index is 1.47. The third-order valence-electron chi connectivity index (χ3n) is 4.47. The maximum absolute atomic E-state index is 12.9. The molecule has 8 heteroatoms. The van der Waals surface area contributed by atoms with Gasteiger partial charge in [0.2, 0.25) is 11.7 Å². The Morgan fingerprint density at radius 2 is 2.12 bits per heavy atom. The lowest BCUT2D eigenvalue weighted by molar-refractivity contribution is -0.137. The van der Waals surface area contributed by atoms with Gasteiger partial charge in [-0.25, -0.2) is 0 Å². The van der Waals surface area contributed by atoms with Gasteiger partial charge in [0, 0.05) is 23.5 Å². The van der Waals surface area contributed by atoms with Crippen LogP contribution in [0.3, 0.4) is 0 Å². The summed E-state index contributed by atoms with van der Waals surface area (Å²) in [6, 6.07) is 9.13. The molecule has 3 aromatic rings. The van der Waals surface area contributed by atoms with Crippen molar-refractivity contribution in [2.45, 2.75) is 25.1 Å². The molecule has 1 saturated heterocycles. The van der Waals surface area contributed by atoms with Crippen molar-refractivity contribution in [1.82, 2.24) is 15.0 Å². The van der Waals surface area contributed by atoms with Crippen molar-refractivity contribution < 1.29 is 17.7 Å². The van der Waals surface area contributed by atoms with Gasteiger partial charge in [-0.1, -0.05) is 23.4 Å². The van der Waals surface area contributed by atoms with Crippen LogP contribution in [-0.4, -0.2) is 28.1 Å². The lowest BCUT2D eigenvalue weighted by atomic mass is 10.1. The Morgan fingerprint density at radius 1 is 1.23 bits per heavy atom. The van der Waals surface area contributed by atoms with Gasteiger partial charge in [-0.2, -0.15) is 18.2 Å². The predicted octanol–water partition coefficient (Wildman–Crippen LogP) is 4.81. The van der Waals surface area contributed by atoms with Crippen molar-refractivity contribution in [2.75, 3.05) is 13.1 Å². The van der Waals surface area contributed by atoms with Crippen molar-refractivity contribution in [3.8, 4) is 11.4 Å². The van der Waals surface area contributed by atoms with Crippen LogP contribution in [0, 0.1) is 0 Å². The summed E-state index contributed by atoms with van der Waals surface area (Å²) in [5.74, 6) is 0.802. The molecule has 0 radical (unpaired) electrons. The van der Waals surface area contributed by atoms with Crippen molar-refractivity contribution in [3.63, 3.8) is 0 Å². The van der Waals surface area contributed by atoms with E-state index >= 15 is 0 Å². The van der Waals surface area contributed by atoms with Crippen LogP contribution in [0.1, 0.15) is 28.7 Å². The average molecular weight is 379 g/mol. The van der Waals surface area contributed by atoms with Crippen molar-refractivity contribution in [2.24, 2.45) is 0 Å². The Morgan fingerprint density at radius 3 is 2.88 bits per heavy atom. The maximum Gasteiger partial charge on any atom is 0.416 e. The van der Waals surface area contributed by atoms with Crippen molar-refractivity contribution >= 4 is 11.3 Å². The molecular formula is C18H16F3N3OS. The molecule has 0 spiro atoms. The van der Waals surface area contributed by atoms with E-state index in [9.17, 15) is 13.2 Å². The first kappa shape index (κ1) is 17.2. The molecule has 4 rings (SSSR count). The van der Waals surface area contributed by atoms with Crippen LogP contribution in [0.4, 0.5) is 13.2 Å². The van der Waals surface area contributed by atoms with Gasteiger partial charge in [0.25, 0.3) is 0 Å². The lowest BCUT2D eigenvalue weighted by Gasteiger charge is -2.13. The molecule has 0 bridgehead atoms. The second kappa shape index (κ2) is 6.85. The highest BCUT2D eigenvalue weighted by molar-refractivity contribution is 7.09. The van der Waals surface area contributed by atoms with E-state index in [4.69, 9.17) is 4.52 Å². The summed E-state index contributed by atoms with van der Waals surface area (Å²) in [6.07, 6.45) is -3.49. The average Bonchev–Trinajstić information content (AvgIpc) is 3.36. The summed E-state index contributed by atoms with van der Waals surface area (Å²) < 4.78 is 43.9. The normalized spacial score (nSPS) is 18.5. The number of benzene rings is 1. The number of alkyl halides is 3. The first-order chi connectivity index (χ1) is 12.5. The zero-order chi connectivity index (χ0) is 18.1. The highest BCUT2D eigenvalue weighted by atomic mass is 32.1. The fourth-order valence-electron chi connectivity index (χ4n) is 3.15. The molecule has 0 amide bonds. The topological polar surface area (TPSA) is 42.2 Å². The van der Waals surface area contributed by atoms with Gasteiger partial charge in [-0.05, 0) is 36.5 Å². The van der Waals surface area contributed by atoms with E-state index in [1.807, 2.05) is 6.07 Å². The monoisotopic (exact) mass is 379 g/mol. The third-order valence-corrected chi connectivity index (χ3v) is 5.33. The number of likely N-dealkylation sites (tertiary alicyclic amines) is 1. The number of rotatable bonds is 4. The Hall–Kier alpha value is -2.19. The van der Waals surface area contributed by atoms with E-state index in [1.54, 1.807) is 17.4 Å². The lowest BCUT2D eigenvalue weighted by Crippen LogP contribution is -2.19. The van der Waals surface area contributed by atoms with Gasteiger partial charge in [0.1, 0.15) is 0 Å². The summed E-state index contributed by atoms with van der Waals surface area (Å²) in [6.45, 7) is 2.63. The van der Waals surface area contributed by atoms with Crippen LogP contribution in [0.15, 0.2) is 46.3 Å². The molecule has 0 saturated carbocycles. The Labute approximate surface area is 152 Å². The predicted molar refractivity (Wildman–Crippen MR) is 91.7 cm³/mol. The smallest absolute Gasteiger partial charge is 0.339 e. The van der Waals surface area contributed by atoms with Crippen LogP contribution in [0.2, 0.25) is 0 Å². The zero-order valence-electron chi connectivity index (χ0n) is 13.7. The number of hydrogen-bond acceptors (Lipinski definition) is 5. The Bertz CT molecular complexity index is 876. The molecule has 1 fully saturated rings. The fraction of sp³-hybridized carbons (Fsp3) is 0.333. The molecule has 0 aliphatic carbocycles. The molecule has 4 nitrogen and oxygen atoms in total. The number of aromatic nitrogens is 2. The van der Waals surface area contributed by atoms with Gasteiger partial charge in [-0.3, -0.25) is 4.90 Å². The second-order valence-corrected chi connectivity index (χ2v) is 7.37. The van der Waals surface area contributed by atoms with Crippen LogP contribution in [0.25, 0.3) is 11.4 Å². The minimum absolute atomic E-state index is 0.113. The van der Waals surface area contributed by atoms with E-state index in [0.29, 0.717) is 11.5 Å². The largest absolute Gasteiger partial charge is 0.416 e. The summed E-state index contributed by atoms with van der Waals surface area (Å²) in [7, 11) is 0. The fourth-order valence-corrected chi connectivity index (χ4v) is 3.90. The van der Waals surface area contributed by atoms with E-state index in [0.717, 1.165) is 38.2 Å². The molecule has 136 valence electrons. The number of hydrogen-bond donors (Lipinski definition) is 0. The SMILES string of the molecule is FC(F)(F)c1cccc(-c2noc([C@@H]3CCN(Cc4cccs4)C3)n2)c1. The molecule has 3 heterocycles. The molecule has 26 heavy (non-hydrogen) atoms. The van der Waals surface area contributed by atoms with Gasteiger partial charge < -0.3 is 4.52 Å². The van der Waals surface area contributed by atoms with Gasteiger partial charge in [0.15, 0.2) is 0 Å². The zero-order valence-corrected chi connectivity index (χ0v) is 14.6. The first-order valence-corrected chi connectivity index (χ1v) is 9.13. The molecular weight excluding hydrogens is 363 g/mol. The standard InChI is InChI=1S/C18H16F3N3OS/c19-18(20,21)14-4-1-3-12(9-14)16-22-17(25-23-16)13-6-7-24(10-13)11-15-5-2-8-26-15/h1-5,8-9,13H,6-7,10-11H2/t13-/m1/s1. The van der Waals surface area contributed by atoms with E-state index < -0.39 is 11.7 Å². The molecule has 2 aromatic heterocycles. The van der Waals surface area contributed by atoms with Crippen LogP contribution in [-0.2, 0) is 12.7 Å². The number of nitrogens with zero attached hydrogens (tertiary/aromatic N) is 3. The van der Waals surface area contributed by atoms with Crippen LogP contribution >= 0.6 is 11.3 Å². The molecule has 0 unspecified atom stereocenters. The maximum atomic E-state index is 12.9. The second-order valence-electron chi connectivity index (χ2n) is 6.33. The van der Waals surface area contributed by atoms with Gasteiger partial charge in [-0.15, -0.1) is 11.3 Å². The summed E-state index contributed by atoms with van der Waals surface area (Å²) in [5, 5.41) is 5.94. The molecule has 1 aliphatic rings. The molecule has 1 aliphatic heterocycles. The van der Waals surface area contributed by atoms with E-state index in [1.165, 1.54) is 10.9 Å². The quantitative estimate of drug-likeness (QED) is 0.653. The minimum atomic E-state index is -4.39. The summed E-state index contributed by atoms with van der Waals surface area (Å²) >= 11 is 1.73. The van der Waals surface area contributed by atoms with Crippen LogP contribution in [0.5, 0.6) is 0 Å². The number of thiophene rings is 1. The van der Waals surface area contributed by atoms with E-state index in [-0.39, 0.29) is 11.7 Å². The number of halogens is 3. The van der Waals surface area contributed by atoms with Gasteiger partial charge in [0.05, 0.1) is 11.5 Å². The molecule has 1 atom stereocenters. The van der Waals surface area contributed by atoms with Crippen molar-refractivity contribution in [3.05, 3.63) is 58.1 Å². The summed E-state index contributed by atoms with van der Waals surface area (Å²) in [4.78, 5) is 7.98. The Kier molecular flexibility index (Phi) is 4.54. The van der Waals surface area contributed by atoms with Gasteiger partial charge >= 0.3 is 6.18 Å². The minimum Gasteiger partial charge on any atom is -0.339 e. The summed E-state index contributed by atoms with van der Waals surface area (Å²) in [5.41, 5.74) is -0.410. The van der Waals surface area contributed by atoms with Crippen LogP contribution < -0.4 is 0 Å².